The number of hydrogen-bond donors (Lipinski definition) is 0. The summed E-state index contributed by atoms with van der Waals surface area (Å²) in [5.41, 5.74) is 0.121. The van der Waals surface area contributed by atoms with Crippen LogP contribution in [0.15, 0.2) is 60.7 Å². The Morgan fingerprint density at radius 1 is 0.842 bits per heavy atom. The second-order valence-electron chi connectivity index (χ2n) is 5.47. The third-order valence-corrected chi connectivity index (χ3v) is 3.53. The van der Waals surface area contributed by atoms with Gasteiger partial charge in [-0.05, 0) is 29.9 Å². The molecule has 0 aromatic heterocycles. The summed E-state index contributed by atoms with van der Waals surface area (Å²) in [7, 11) is 0. The molecule has 0 spiro atoms. The highest BCUT2D eigenvalue weighted by Gasteiger charge is 2.33. The summed E-state index contributed by atoms with van der Waals surface area (Å²) >= 11 is 0. The molecule has 19 heavy (non-hydrogen) atoms. The molecular formula is C18H21F. The molecule has 0 unspecified atom stereocenters. The van der Waals surface area contributed by atoms with Crippen LogP contribution in [0.1, 0.15) is 37.8 Å². The second kappa shape index (κ2) is 6.01. The van der Waals surface area contributed by atoms with Gasteiger partial charge >= 0.3 is 0 Å². The topological polar surface area (TPSA) is 0 Å². The van der Waals surface area contributed by atoms with Crippen LogP contribution in [-0.2, 0) is 5.67 Å². The minimum Gasteiger partial charge on any atom is -0.233 e. The molecule has 0 atom stereocenters. The molecule has 0 N–H and O–H groups in total. The number of halogens is 1. The molecule has 0 saturated carbocycles. The fourth-order valence-corrected chi connectivity index (χ4v) is 2.35. The smallest absolute Gasteiger partial charge is 0.161 e. The molecule has 0 aliphatic carbocycles. The molecule has 0 bridgehead atoms. The van der Waals surface area contributed by atoms with Gasteiger partial charge in [-0.1, -0.05) is 74.5 Å². The summed E-state index contributed by atoms with van der Waals surface area (Å²) in [5, 5.41) is 0. The largest absolute Gasteiger partial charge is 0.233 e. The zero-order chi connectivity index (χ0) is 13.7. The molecule has 2 aromatic carbocycles. The Balaban J connectivity index is 2.39. The molecular weight excluding hydrogens is 235 g/mol. The molecule has 0 aliphatic rings. The van der Waals surface area contributed by atoms with Crippen LogP contribution in [0.5, 0.6) is 0 Å². The van der Waals surface area contributed by atoms with Crippen LogP contribution in [0.4, 0.5) is 4.39 Å². The fourth-order valence-electron chi connectivity index (χ4n) is 2.35. The van der Waals surface area contributed by atoms with Crippen molar-refractivity contribution in [1.29, 1.82) is 0 Å². The molecule has 0 aliphatic heterocycles. The average Bonchev–Trinajstić information content (AvgIpc) is 2.46. The van der Waals surface area contributed by atoms with Gasteiger partial charge in [-0.25, -0.2) is 4.39 Å². The second-order valence-corrected chi connectivity index (χ2v) is 5.47. The SMILES string of the molecule is CC(C)CCC(F)(c1ccccc1)c1ccccc1. The number of rotatable bonds is 5. The average molecular weight is 256 g/mol. The Hall–Kier alpha value is -1.63. The van der Waals surface area contributed by atoms with Crippen LogP contribution < -0.4 is 0 Å². The Labute approximate surface area is 115 Å². The maximum absolute atomic E-state index is 15.6. The van der Waals surface area contributed by atoms with Gasteiger partial charge in [-0.3, -0.25) is 0 Å². The molecule has 0 nitrogen and oxygen atoms in total. The van der Waals surface area contributed by atoms with Gasteiger partial charge in [0.1, 0.15) is 0 Å². The maximum atomic E-state index is 15.6. The van der Waals surface area contributed by atoms with Gasteiger partial charge in [0, 0.05) is 0 Å². The van der Waals surface area contributed by atoms with Crippen LogP contribution in [0.3, 0.4) is 0 Å². The number of hydrogen-bond acceptors (Lipinski definition) is 0. The molecule has 0 heterocycles. The van der Waals surface area contributed by atoms with E-state index in [-0.39, 0.29) is 0 Å². The van der Waals surface area contributed by atoms with Crippen LogP contribution in [0, 0.1) is 5.92 Å². The van der Waals surface area contributed by atoms with E-state index in [4.69, 9.17) is 0 Å². The number of benzene rings is 2. The van der Waals surface area contributed by atoms with Crippen molar-refractivity contribution in [2.45, 2.75) is 32.4 Å². The molecule has 0 saturated heterocycles. The van der Waals surface area contributed by atoms with Crippen molar-refractivity contribution < 1.29 is 4.39 Å². The fraction of sp³-hybridized carbons (Fsp3) is 0.333. The van der Waals surface area contributed by atoms with E-state index in [0.717, 1.165) is 17.5 Å². The zero-order valence-electron chi connectivity index (χ0n) is 11.6. The van der Waals surface area contributed by atoms with Crippen molar-refractivity contribution in [2.75, 3.05) is 0 Å². The lowest BCUT2D eigenvalue weighted by molar-refractivity contribution is 0.192. The van der Waals surface area contributed by atoms with Crippen molar-refractivity contribution >= 4 is 0 Å². The summed E-state index contributed by atoms with van der Waals surface area (Å²) in [5.74, 6) is 0.502. The molecule has 2 rings (SSSR count). The van der Waals surface area contributed by atoms with Gasteiger partial charge in [-0.15, -0.1) is 0 Å². The zero-order valence-corrected chi connectivity index (χ0v) is 11.6. The minimum absolute atomic E-state index is 0.502. The summed E-state index contributed by atoms with van der Waals surface area (Å²) in [4.78, 5) is 0. The highest BCUT2D eigenvalue weighted by Crippen LogP contribution is 2.39. The maximum Gasteiger partial charge on any atom is 0.161 e. The normalized spacial score (nSPS) is 11.8. The molecule has 0 radical (unpaired) electrons. The standard InChI is InChI=1S/C18H21F/c1-15(2)13-14-18(19,16-9-5-3-6-10-16)17-11-7-4-8-12-17/h3-12,15H,13-14H2,1-2H3. The Morgan fingerprint density at radius 2 is 1.26 bits per heavy atom. The molecule has 0 amide bonds. The van der Waals surface area contributed by atoms with Crippen molar-refractivity contribution in [3.05, 3.63) is 71.8 Å². The molecule has 0 fully saturated rings. The molecule has 100 valence electrons. The van der Waals surface area contributed by atoms with Crippen molar-refractivity contribution in [3.63, 3.8) is 0 Å². The lowest BCUT2D eigenvalue weighted by Crippen LogP contribution is -2.22. The van der Waals surface area contributed by atoms with Crippen molar-refractivity contribution in [1.82, 2.24) is 0 Å². The third-order valence-electron chi connectivity index (χ3n) is 3.53. The van der Waals surface area contributed by atoms with Crippen LogP contribution in [0.25, 0.3) is 0 Å². The first-order valence-electron chi connectivity index (χ1n) is 6.93. The van der Waals surface area contributed by atoms with E-state index >= 15 is 4.39 Å². The highest BCUT2D eigenvalue weighted by atomic mass is 19.1. The number of alkyl halides is 1. The Morgan fingerprint density at radius 3 is 1.63 bits per heavy atom. The minimum atomic E-state index is -1.38. The first-order chi connectivity index (χ1) is 9.13. The van der Waals surface area contributed by atoms with Gasteiger partial charge in [0.15, 0.2) is 5.67 Å². The van der Waals surface area contributed by atoms with Crippen LogP contribution >= 0.6 is 0 Å². The lowest BCUT2D eigenvalue weighted by atomic mass is 9.83. The van der Waals surface area contributed by atoms with E-state index in [9.17, 15) is 0 Å². The van der Waals surface area contributed by atoms with E-state index in [1.165, 1.54) is 0 Å². The van der Waals surface area contributed by atoms with E-state index in [1.54, 1.807) is 0 Å². The van der Waals surface area contributed by atoms with Crippen LogP contribution in [-0.4, -0.2) is 0 Å². The Bertz CT molecular complexity index is 448. The molecule has 2 aromatic rings. The van der Waals surface area contributed by atoms with E-state index in [0.29, 0.717) is 12.3 Å². The predicted molar refractivity (Wildman–Crippen MR) is 78.8 cm³/mol. The lowest BCUT2D eigenvalue weighted by Gasteiger charge is -2.27. The van der Waals surface area contributed by atoms with Crippen molar-refractivity contribution in [3.8, 4) is 0 Å². The van der Waals surface area contributed by atoms with E-state index in [1.807, 2.05) is 60.7 Å². The van der Waals surface area contributed by atoms with Crippen LogP contribution in [0.2, 0.25) is 0 Å². The quantitative estimate of drug-likeness (QED) is 0.677. The van der Waals surface area contributed by atoms with Gasteiger partial charge in [-0.2, -0.15) is 0 Å². The van der Waals surface area contributed by atoms with Gasteiger partial charge in [0.2, 0.25) is 0 Å². The predicted octanol–water partition coefficient (Wildman–Crippen LogP) is 5.34. The third kappa shape index (κ3) is 3.23. The molecule has 1 heteroatoms. The monoisotopic (exact) mass is 256 g/mol. The summed E-state index contributed by atoms with van der Waals surface area (Å²) in [6.45, 7) is 4.27. The van der Waals surface area contributed by atoms with E-state index < -0.39 is 5.67 Å². The van der Waals surface area contributed by atoms with Gasteiger partial charge < -0.3 is 0 Å². The first kappa shape index (κ1) is 13.8. The highest BCUT2D eigenvalue weighted by molar-refractivity contribution is 5.35. The van der Waals surface area contributed by atoms with Crippen molar-refractivity contribution in [2.24, 2.45) is 5.92 Å². The summed E-state index contributed by atoms with van der Waals surface area (Å²) in [6.07, 6.45) is 1.40. The first-order valence-corrected chi connectivity index (χ1v) is 6.93. The van der Waals surface area contributed by atoms with Gasteiger partial charge in [0.25, 0.3) is 0 Å². The summed E-state index contributed by atoms with van der Waals surface area (Å²) < 4.78 is 15.6. The summed E-state index contributed by atoms with van der Waals surface area (Å²) in [6, 6.07) is 19.0. The van der Waals surface area contributed by atoms with Gasteiger partial charge in [0.05, 0.1) is 0 Å². The van der Waals surface area contributed by atoms with E-state index in [2.05, 4.69) is 13.8 Å². The Kier molecular flexibility index (Phi) is 4.36.